The van der Waals surface area contributed by atoms with Crippen LogP contribution in [0.3, 0.4) is 0 Å². The van der Waals surface area contributed by atoms with Crippen molar-refractivity contribution in [1.29, 1.82) is 0 Å². The van der Waals surface area contributed by atoms with Gasteiger partial charge in [-0.2, -0.15) is 0 Å². The van der Waals surface area contributed by atoms with E-state index >= 15 is 0 Å². The Bertz CT molecular complexity index is 1160. The number of carbonyl (C=O) groups is 3. The van der Waals surface area contributed by atoms with Crippen LogP contribution in [0.15, 0.2) is 45.8 Å². The van der Waals surface area contributed by atoms with E-state index in [1.54, 1.807) is 41.3 Å². The van der Waals surface area contributed by atoms with E-state index in [4.69, 9.17) is 16.3 Å². The Morgan fingerprint density at radius 1 is 1.14 bits per heavy atom. The largest absolute Gasteiger partial charge is 0.486 e. The van der Waals surface area contributed by atoms with E-state index in [1.165, 1.54) is 6.07 Å². The van der Waals surface area contributed by atoms with E-state index in [1.807, 2.05) is 0 Å². The van der Waals surface area contributed by atoms with Crippen molar-refractivity contribution < 1.29 is 23.5 Å². The Labute approximate surface area is 220 Å². The van der Waals surface area contributed by atoms with Crippen LogP contribution in [-0.2, 0) is 16.2 Å². The lowest BCUT2D eigenvalue weighted by Crippen LogP contribution is -2.42. The predicted octanol–water partition coefficient (Wildman–Crippen LogP) is 6.26. The van der Waals surface area contributed by atoms with Crippen LogP contribution in [0.2, 0.25) is 5.02 Å². The van der Waals surface area contributed by atoms with Gasteiger partial charge in [0.2, 0.25) is 5.91 Å². The molecule has 2 saturated heterocycles. The monoisotopic (exact) mass is 580 g/mol. The van der Waals surface area contributed by atoms with Crippen LogP contribution in [0.5, 0.6) is 5.75 Å². The van der Waals surface area contributed by atoms with Crippen molar-refractivity contribution in [3.63, 3.8) is 0 Å². The minimum atomic E-state index is -0.504. The van der Waals surface area contributed by atoms with Gasteiger partial charge in [0.15, 0.2) is 5.75 Å². The SMILES string of the molecule is O=C(CN1C(=O)SC(=Cc2cc(Cl)c(OCc3ccccc3F)c(Br)c2)C1=O)N1CCCCCC1. The first-order valence-corrected chi connectivity index (χ1v) is 13.2. The summed E-state index contributed by atoms with van der Waals surface area (Å²) in [5.41, 5.74) is 0.965. The van der Waals surface area contributed by atoms with Gasteiger partial charge in [-0.3, -0.25) is 19.3 Å². The molecule has 2 aliphatic rings. The first-order chi connectivity index (χ1) is 16.8. The van der Waals surface area contributed by atoms with Gasteiger partial charge < -0.3 is 9.64 Å². The average molecular weight is 582 g/mol. The molecule has 6 nitrogen and oxygen atoms in total. The first-order valence-electron chi connectivity index (χ1n) is 11.2. The zero-order chi connectivity index (χ0) is 24.9. The number of imide groups is 1. The van der Waals surface area contributed by atoms with Crippen molar-refractivity contribution >= 4 is 62.4 Å². The number of hydrogen-bond donors (Lipinski definition) is 0. The molecule has 0 aromatic heterocycles. The summed E-state index contributed by atoms with van der Waals surface area (Å²) in [4.78, 5) is 41.0. The van der Waals surface area contributed by atoms with Gasteiger partial charge in [0.25, 0.3) is 11.1 Å². The number of benzene rings is 2. The Kier molecular flexibility index (Phi) is 8.51. The van der Waals surface area contributed by atoms with Crippen molar-refractivity contribution in [2.45, 2.75) is 32.3 Å². The highest BCUT2D eigenvalue weighted by Gasteiger charge is 2.37. The molecule has 0 bridgehead atoms. The van der Waals surface area contributed by atoms with Gasteiger partial charge in [-0.25, -0.2) is 4.39 Å². The summed E-state index contributed by atoms with van der Waals surface area (Å²) >= 11 is 10.6. The number of carbonyl (C=O) groups excluding carboxylic acids is 3. The van der Waals surface area contributed by atoms with Gasteiger partial charge in [-0.05, 0) is 70.4 Å². The summed E-state index contributed by atoms with van der Waals surface area (Å²) in [5.74, 6) is -0.752. The molecule has 2 aliphatic heterocycles. The summed E-state index contributed by atoms with van der Waals surface area (Å²) < 4.78 is 20.1. The number of thioether (sulfide) groups is 1. The molecule has 0 atom stereocenters. The Balaban J connectivity index is 1.45. The fourth-order valence-corrected chi connectivity index (χ4v) is 5.74. The quantitative estimate of drug-likeness (QED) is 0.377. The van der Waals surface area contributed by atoms with Crippen molar-refractivity contribution in [2.75, 3.05) is 19.6 Å². The van der Waals surface area contributed by atoms with Gasteiger partial charge in [-0.15, -0.1) is 0 Å². The zero-order valence-electron chi connectivity index (χ0n) is 18.8. The number of rotatable bonds is 6. The molecule has 3 amide bonds. The van der Waals surface area contributed by atoms with Crippen LogP contribution in [0.1, 0.15) is 36.8 Å². The molecule has 2 heterocycles. The van der Waals surface area contributed by atoms with E-state index in [-0.39, 0.29) is 34.8 Å². The molecular weight excluding hydrogens is 559 g/mol. The normalized spacial score (nSPS) is 17.7. The molecule has 184 valence electrons. The second-order valence-corrected chi connectivity index (χ2v) is 10.5. The third kappa shape index (κ3) is 6.26. The number of amides is 3. The fraction of sp³-hybridized carbons (Fsp3) is 0.320. The maximum absolute atomic E-state index is 13.9. The predicted molar refractivity (Wildman–Crippen MR) is 138 cm³/mol. The van der Waals surface area contributed by atoms with Crippen LogP contribution in [-0.4, -0.2) is 46.5 Å². The minimum Gasteiger partial charge on any atom is -0.486 e. The number of ether oxygens (including phenoxy) is 1. The molecule has 4 rings (SSSR count). The van der Waals surface area contributed by atoms with E-state index in [0.717, 1.165) is 42.3 Å². The smallest absolute Gasteiger partial charge is 0.294 e. The molecule has 10 heteroatoms. The van der Waals surface area contributed by atoms with Crippen molar-refractivity contribution in [1.82, 2.24) is 9.80 Å². The number of hydrogen-bond acceptors (Lipinski definition) is 5. The third-order valence-corrected chi connectivity index (χ3v) is 7.55. The summed E-state index contributed by atoms with van der Waals surface area (Å²) in [5, 5.41) is -0.211. The van der Waals surface area contributed by atoms with Gasteiger partial charge in [0, 0.05) is 18.7 Å². The standard InChI is InChI=1S/C25H23BrClFN2O4S/c26-18-11-16(12-19(27)23(18)34-15-17-7-3-4-8-20(17)28)13-21-24(32)30(25(33)35-21)14-22(31)29-9-5-1-2-6-10-29/h3-4,7-8,11-13H,1-2,5-6,9-10,14-15H2. The van der Waals surface area contributed by atoms with Crippen LogP contribution in [0.4, 0.5) is 9.18 Å². The summed E-state index contributed by atoms with van der Waals surface area (Å²) in [7, 11) is 0. The number of halogens is 3. The third-order valence-electron chi connectivity index (χ3n) is 5.77. The van der Waals surface area contributed by atoms with Gasteiger partial charge >= 0.3 is 0 Å². The van der Waals surface area contributed by atoms with Crippen LogP contribution in [0.25, 0.3) is 6.08 Å². The fourth-order valence-electron chi connectivity index (χ4n) is 3.91. The van der Waals surface area contributed by atoms with Crippen LogP contribution in [0, 0.1) is 5.82 Å². The van der Waals surface area contributed by atoms with Gasteiger partial charge in [0.05, 0.1) is 14.4 Å². The lowest BCUT2D eigenvalue weighted by molar-refractivity contribution is -0.135. The van der Waals surface area contributed by atoms with Crippen molar-refractivity contribution in [3.8, 4) is 5.75 Å². The molecule has 0 spiro atoms. The van der Waals surface area contributed by atoms with Crippen LogP contribution < -0.4 is 4.74 Å². The maximum atomic E-state index is 13.9. The molecule has 35 heavy (non-hydrogen) atoms. The first kappa shape index (κ1) is 25.7. The summed E-state index contributed by atoms with van der Waals surface area (Å²) in [6.07, 6.45) is 5.59. The molecule has 0 N–H and O–H groups in total. The maximum Gasteiger partial charge on any atom is 0.294 e. The molecule has 0 saturated carbocycles. The molecule has 2 fully saturated rings. The lowest BCUT2D eigenvalue weighted by atomic mass is 10.2. The zero-order valence-corrected chi connectivity index (χ0v) is 21.9. The highest BCUT2D eigenvalue weighted by atomic mass is 79.9. The Hall–Kier alpha value is -2.36. The lowest BCUT2D eigenvalue weighted by Gasteiger charge is -2.22. The molecule has 0 unspecified atom stereocenters. The molecule has 2 aromatic rings. The van der Waals surface area contributed by atoms with E-state index in [0.29, 0.717) is 34.4 Å². The minimum absolute atomic E-state index is 0.00568. The second-order valence-electron chi connectivity index (χ2n) is 8.26. The van der Waals surface area contributed by atoms with E-state index < -0.39 is 11.1 Å². The summed E-state index contributed by atoms with van der Waals surface area (Å²) in [6, 6.07) is 9.59. The number of nitrogens with zero attached hydrogens (tertiary/aromatic N) is 2. The van der Waals surface area contributed by atoms with Gasteiger partial charge in [-0.1, -0.05) is 42.6 Å². The highest BCUT2D eigenvalue weighted by molar-refractivity contribution is 9.10. The highest BCUT2D eigenvalue weighted by Crippen LogP contribution is 2.38. The Morgan fingerprint density at radius 2 is 1.86 bits per heavy atom. The molecular formula is C25H23BrClFN2O4S. The van der Waals surface area contributed by atoms with Crippen LogP contribution >= 0.6 is 39.3 Å². The number of likely N-dealkylation sites (tertiary alicyclic amines) is 1. The topological polar surface area (TPSA) is 66.9 Å². The Morgan fingerprint density at radius 3 is 2.54 bits per heavy atom. The van der Waals surface area contributed by atoms with Gasteiger partial charge in [0.1, 0.15) is 19.0 Å². The van der Waals surface area contributed by atoms with Crippen molar-refractivity contribution in [2.24, 2.45) is 0 Å². The summed E-state index contributed by atoms with van der Waals surface area (Å²) in [6.45, 7) is 1.05. The second kappa shape index (κ2) is 11.6. The average Bonchev–Trinajstić information content (AvgIpc) is 3.01. The van der Waals surface area contributed by atoms with E-state index in [9.17, 15) is 18.8 Å². The van der Waals surface area contributed by atoms with E-state index in [2.05, 4.69) is 15.9 Å². The van der Waals surface area contributed by atoms with Crippen molar-refractivity contribution in [3.05, 3.63) is 67.7 Å². The molecule has 0 aliphatic carbocycles. The molecule has 0 radical (unpaired) electrons. The molecule has 2 aromatic carbocycles.